The topological polar surface area (TPSA) is 79.2 Å². The summed E-state index contributed by atoms with van der Waals surface area (Å²) in [5, 5.41) is 8.97. The second-order valence-electron chi connectivity index (χ2n) is 4.78. The van der Waals surface area contributed by atoms with Crippen LogP contribution in [-0.2, 0) is 16.4 Å². The molecule has 8 heteroatoms. The first-order valence-electron chi connectivity index (χ1n) is 6.95. The van der Waals surface area contributed by atoms with Crippen molar-refractivity contribution >= 4 is 10.0 Å². The zero-order valence-electron chi connectivity index (χ0n) is 12.4. The van der Waals surface area contributed by atoms with Gasteiger partial charge < -0.3 is 4.74 Å². The molecule has 2 aromatic carbocycles. The summed E-state index contributed by atoms with van der Waals surface area (Å²) in [6.45, 7) is -2.78. The van der Waals surface area contributed by atoms with Crippen molar-refractivity contribution < 1.29 is 21.9 Å². The normalized spacial score (nSPS) is 11.2. The van der Waals surface area contributed by atoms with Crippen LogP contribution in [0.5, 0.6) is 5.75 Å². The summed E-state index contributed by atoms with van der Waals surface area (Å²) >= 11 is 0. The molecule has 0 aromatic heterocycles. The van der Waals surface area contributed by atoms with Gasteiger partial charge in [0.05, 0.1) is 10.5 Å². The van der Waals surface area contributed by atoms with Crippen molar-refractivity contribution in [1.82, 2.24) is 4.72 Å². The molecule has 0 amide bonds. The van der Waals surface area contributed by atoms with Crippen molar-refractivity contribution in [3.63, 3.8) is 0 Å². The van der Waals surface area contributed by atoms with Crippen LogP contribution >= 0.6 is 0 Å². The Labute approximate surface area is 138 Å². The SMILES string of the molecule is N#Cc1ccccc1S(=O)(=O)NCCc1ccc(OC(F)F)cc1. The summed E-state index contributed by atoms with van der Waals surface area (Å²) in [4.78, 5) is -0.0758. The Kier molecular flexibility index (Phi) is 5.84. The van der Waals surface area contributed by atoms with Crippen molar-refractivity contribution in [3.05, 3.63) is 59.7 Å². The number of hydrogen-bond donors (Lipinski definition) is 1. The Morgan fingerprint density at radius 3 is 2.42 bits per heavy atom. The van der Waals surface area contributed by atoms with Crippen molar-refractivity contribution in [3.8, 4) is 11.8 Å². The Bertz CT molecular complexity index is 831. The fraction of sp³-hybridized carbons (Fsp3) is 0.188. The minimum Gasteiger partial charge on any atom is -0.435 e. The quantitative estimate of drug-likeness (QED) is 0.831. The van der Waals surface area contributed by atoms with Crippen LogP contribution in [0.15, 0.2) is 53.4 Å². The third-order valence-corrected chi connectivity index (χ3v) is 4.67. The van der Waals surface area contributed by atoms with Gasteiger partial charge in [0.1, 0.15) is 11.8 Å². The predicted molar refractivity (Wildman–Crippen MR) is 83.1 cm³/mol. The summed E-state index contributed by atoms with van der Waals surface area (Å²) in [5.41, 5.74) is 0.825. The van der Waals surface area contributed by atoms with E-state index >= 15 is 0 Å². The van der Waals surface area contributed by atoms with Crippen molar-refractivity contribution in [2.24, 2.45) is 0 Å². The van der Waals surface area contributed by atoms with E-state index in [0.717, 1.165) is 5.56 Å². The van der Waals surface area contributed by atoms with Crippen LogP contribution in [-0.4, -0.2) is 21.6 Å². The smallest absolute Gasteiger partial charge is 0.387 e. The van der Waals surface area contributed by atoms with Gasteiger partial charge >= 0.3 is 6.61 Å². The lowest BCUT2D eigenvalue weighted by molar-refractivity contribution is -0.0498. The first-order chi connectivity index (χ1) is 11.4. The predicted octanol–water partition coefficient (Wildman–Crippen LogP) is 2.68. The van der Waals surface area contributed by atoms with Gasteiger partial charge in [0.15, 0.2) is 0 Å². The van der Waals surface area contributed by atoms with Gasteiger partial charge in [0, 0.05) is 6.54 Å². The second kappa shape index (κ2) is 7.86. The van der Waals surface area contributed by atoms with Gasteiger partial charge in [-0.2, -0.15) is 14.0 Å². The fourth-order valence-corrected chi connectivity index (χ4v) is 3.23. The number of nitriles is 1. The Balaban J connectivity index is 1.97. The minimum absolute atomic E-state index is 0.0391. The molecule has 1 N–H and O–H groups in total. The average Bonchev–Trinajstić information content (AvgIpc) is 2.56. The van der Waals surface area contributed by atoms with E-state index in [1.807, 2.05) is 6.07 Å². The highest BCUT2D eigenvalue weighted by atomic mass is 32.2. The van der Waals surface area contributed by atoms with Crippen molar-refractivity contribution in [1.29, 1.82) is 5.26 Å². The van der Waals surface area contributed by atoms with E-state index in [9.17, 15) is 17.2 Å². The Morgan fingerprint density at radius 2 is 1.79 bits per heavy atom. The molecule has 0 bridgehead atoms. The molecule has 0 spiro atoms. The van der Waals surface area contributed by atoms with E-state index in [0.29, 0.717) is 6.42 Å². The number of sulfonamides is 1. The molecule has 0 saturated carbocycles. The van der Waals surface area contributed by atoms with Crippen LogP contribution in [0.4, 0.5) is 8.78 Å². The highest BCUT2D eigenvalue weighted by molar-refractivity contribution is 7.89. The van der Waals surface area contributed by atoms with E-state index < -0.39 is 16.6 Å². The summed E-state index contributed by atoms with van der Waals surface area (Å²) < 4.78 is 55.2. The largest absolute Gasteiger partial charge is 0.435 e. The van der Waals surface area contributed by atoms with Gasteiger partial charge in [0.2, 0.25) is 10.0 Å². The molecule has 0 radical (unpaired) electrons. The van der Waals surface area contributed by atoms with Crippen LogP contribution in [0.3, 0.4) is 0 Å². The fourth-order valence-electron chi connectivity index (χ4n) is 2.04. The molecule has 0 aliphatic rings. The molecule has 0 heterocycles. The van der Waals surface area contributed by atoms with Gasteiger partial charge in [-0.15, -0.1) is 0 Å². The maximum atomic E-state index is 12.2. The van der Waals surface area contributed by atoms with Gasteiger partial charge in [-0.1, -0.05) is 24.3 Å². The third kappa shape index (κ3) is 4.75. The maximum Gasteiger partial charge on any atom is 0.387 e. The third-order valence-electron chi connectivity index (χ3n) is 3.15. The van der Waals surface area contributed by atoms with Gasteiger partial charge in [-0.3, -0.25) is 0 Å². The lowest BCUT2D eigenvalue weighted by Crippen LogP contribution is -2.26. The molecule has 126 valence electrons. The number of halogens is 2. The molecule has 0 unspecified atom stereocenters. The Hall–Kier alpha value is -2.50. The summed E-state index contributed by atoms with van der Waals surface area (Å²) in [5.74, 6) is 0.0391. The molecule has 0 aliphatic carbocycles. The minimum atomic E-state index is -3.79. The number of alkyl halides is 2. The number of hydrogen-bond acceptors (Lipinski definition) is 4. The van der Waals surface area contributed by atoms with E-state index in [1.165, 1.54) is 30.3 Å². The van der Waals surface area contributed by atoms with E-state index in [2.05, 4.69) is 9.46 Å². The summed E-state index contributed by atoms with van der Waals surface area (Å²) in [6.07, 6.45) is 0.364. The summed E-state index contributed by atoms with van der Waals surface area (Å²) in [6, 6.07) is 13.7. The average molecular weight is 352 g/mol. The Morgan fingerprint density at radius 1 is 1.12 bits per heavy atom. The standard InChI is InChI=1S/C16H14F2N2O3S/c17-16(18)23-14-7-5-12(6-8-14)9-10-20-24(21,22)15-4-2-1-3-13(15)11-19/h1-8,16,20H,9-10H2. The van der Waals surface area contributed by atoms with Crippen molar-refractivity contribution in [2.45, 2.75) is 17.9 Å². The van der Waals surface area contributed by atoms with Gasteiger partial charge in [0.25, 0.3) is 0 Å². The van der Waals surface area contributed by atoms with Crippen LogP contribution in [0, 0.1) is 11.3 Å². The molecule has 5 nitrogen and oxygen atoms in total. The zero-order valence-corrected chi connectivity index (χ0v) is 13.3. The van der Waals surface area contributed by atoms with E-state index in [-0.39, 0.29) is 22.8 Å². The number of nitrogens with one attached hydrogen (secondary N) is 1. The number of ether oxygens (including phenoxy) is 1. The monoisotopic (exact) mass is 352 g/mol. The van der Waals surface area contributed by atoms with Crippen LogP contribution in [0.2, 0.25) is 0 Å². The van der Waals surface area contributed by atoms with Crippen molar-refractivity contribution in [2.75, 3.05) is 6.54 Å². The molecule has 2 rings (SSSR count). The first kappa shape index (κ1) is 17.8. The van der Waals surface area contributed by atoms with Gasteiger partial charge in [-0.25, -0.2) is 13.1 Å². The molecule has 0 fully saturated rings. The summed E-state index contributed by atoms with van der Waals surface area (Å²) in [7, 11) is -3.79. The highest BCUT2D eigenvalue weighted by Crippen LogP contribution is 2.16. The van der Waals surface area contributed by atoms with Gasteiger partial charge in [-0.05, 0) is 36.2 Å². The lowest BCUT2D eigenvalue weighted by Gasteiger charge is -2.09. The second-order valence-corrected chi connectivity index (χ2v) is 6.51. The zero-order chi connectivity index (χ0) is 17.6. The van der Waals surface area contributed by atoms with Crippen LogP contribution in [0.1, 0.15) is 11.1 Å². The van der Waals surface area contributed by atoms with Crippen LogP contribution in [0.25, 0.3) is 0 Å². The molecule has 24 heavy (non-hydrogen) atoms. The van der Waals surface area contributed by atoms with E-state index in [4.69, 9.17) is 5.26 Å². The molecule has 0 aliphatic heterocycles. The number of nitrogens with zero attached hydrogens (tertiary/aromatic N) is 1. The number of rotatable bonds is 7. The molecule has 0 saturated heterocycles. The van der Waals surface area contributed by atoms with E-state index in [1.54, 1.807) is 18.2 Å². The molecule has 2 aromatic rings. The first-order valence-corrected chi connectivity index (χ1v) is 8.43. The molecule has 0 atom stereocenters. The van der Waals surface area contributed by atoms with Crippen LogP contribution < -0.4 is 9.46 Å². The highest BCUT2D eigenvalue weighted by Gasteiger charge is 2.17. The maximum absolute atomic E-state index is 12.2. The molecular formula is C16H14F2N2O3S. The molecular weight excluding hydrogens is 338 g/mol. The number of benzene rings is 2. The lowest BCUT2D eigenvalue weighted by atomic mass is 10.1.